The van der Waals surface area contributed by atoms with Crippen LogP contribution in [0, 0.1) is 0 Å². The Bertz CT molecular complexity index is 632. The normalized spacial score (nSPS) is 11.0. The van der Waals surface area contributed by atoms with Crippen LogP contribution in [0.1, 0.15) is 6.42 Å². The van der Waals surface area contributed by atoms with Crippen LogP contribution >= 0.6 is 11.3 Å². The summed E-state index contributed by atoms with van der Waals surface area (Å²) in [5, 5.41) is 17.1. The lowest BCUT2D eigenvalue weighted by atomic mass is 10.2. The Kier molecular flexibility index (Phi) is 3.39. The van der Waals surface area contributed by atoms with E-state index in [1.807, 2.05) is 18.3 Å². The van der Waals surface area contributed by atoms with Crippen molar-refractivity contribution in [1.29, 1.82) is 0 Å². The van der Waals surface area contributed by atoms with E-state index in [0.29, 0.717) is 13.0 Å². The van der Waals surface area contributed by atoms with Crippen molar-refractivity contribution in [3.8, 4) is 11.3 Å². The molecule has 0 aliphatic carbocycles. The molecule has 6 nitrogen and oxygen atoms in total. The molecule has 0 bridgehead atoms. The van der Waals surface area contributed by atoms with Gasteiger partial charge in [-0.05, 0) is 18.6 Å². The molecule has 3 aromatic heterocycles. The number of aliphatic hydroxyl groups excluding tert-OH is 1. The molecule has 3 rings (SSSR count). The van der Waals surface area contributed by atoms with Crippen molar-refractivity contribution < 1.29 is 5.11 Å². The quantitative estimate of drug-likeness (QED) is 0.692. The molecule has 19 heavy (non-hydrogen) atoms. The standard InChI is InChI=1S/C12H13N5OS/c18-6-2-5-14-11-16-17-8-10(15-12(17)19-11)9-3-1-4-13-7-9/h1,3-4,7-8,18H,2,5-6H2,(H,14,16). The van der Waals surface area contributed by atoms with E-state index in [4.69, 9.17) is 5.11 Å². The zero-order valence-electron chi connectivity index (χ0n) is 10.2. The zero-order valence-corrected chi connectivity index (χ0v) is 11.0. The summed E-state index contributed by atoms with van der Waals surface area (Å²) >= 11 is 1.49. The van der Waals surface area contributed by atoms with Crippen LogP contribution in [-0.4, -0.2) is 37.8 Å². The number of nitrogens with zero attached hydrogens (tertiary/aromatic N) is 4. The highest BCUT2D eigenvalue weighted by atomic mass is 32.1. The highest BCUT2D eigenvalue weighted by molar-refractivity contribution is 7.20. The molecule has 0 unspecified atom stereocenters. The van der Waals surface area contributed by atoms with Gasteiger partial charge in [0.25, 0.3) is 0 Å². The monoisotopic (exact) mass is 275 g/mol. The lowest BCUT2D eigenvalue weighted by Gasteiger charge is -1.97. The molecular weight excluding hydrogens is 262 g/mol. The van der Waals surface area contributed by atoms with Crippen molar-refractivity contribution in [2.75, 3.05) is 18.5 Å². The van der Waals surface area contributed by atoms with Gasteiger partial charge in [0.15, 0.2) is 0 Å². The van der Waals surface area contributed by atoms with Crippen LogP contribution in [-0.2, 0) is 0 Å². The number of nitrogens with one attached hydrogen (secondary N) is 1. The van der Waals surface area contributed by atoms with Crippen molar-refractivity contribution >= 4 is 21.4 Å². The molecule has 0 aromatic carbocycles. The molecule has 0 aliphatic rings. The summed E-state index contributed by atoms with van der Waals surface area (Å²) in [6.07, 6.45) is 6.12. The molecular formula is C12H13N5OS. The van der Waals surface area contributed by atoms with Gasteiger partial charge >= 0.3 is 0 Å². The molecule has 0 fully saturated rings. The number of aromatic nitrogens is 4. The average molecular weight is 275 g/mol. The van der Waals surface area contributed by atoms with Crippen LogP contribution in [0.25, 0.3) is 16.2 Å². The van der Waals surface area contributed by atoms with Gasteiger partial charge in [0.1, 0.15) is 0 Å². The molecule has 2 N–H and O–H groups in total. The predicted molar refractivity (Wildman–Crippen MR) is 74.3 cm³/mol. The van der Waals surface area contributed by atoms with Crippen molar-refractivity contribution in [3.63, 3.8) is 0 Å². The number of fused-ring (bicyclic) bond motifs is 1. The fourth-order valence-corrected chi connectivity index (χ4v) is 2.51. The van der Waals surface area contributed by atoms with Gasteiger partial charge in [-0.3, -0.25) is 4.98 Å². The van der Waals surface area contributed by atoms with E-state index in [1.54, 1.807) is 16.9 Å². The lowest BCUT2D eigenvalue weighted by Crippen LogP contribution is -2.03. The van der Waals surface area contributed by atoms with Crippen LogP contribution < -0.4 is 5.32 Å². The molecule has 0 aliphatic heterocycles. The Morgan fingerprint density at radius 2 is 2.37 bits per heavy atom. The molecule has 0 amide bonds. The first-order chi connectivity index (χ1) is 9.36. The summed E-state index contributed by atoms with van der Waals surface area (Å²) < 4.78 is 1.76. The third-order valence-electron chi connectivity index (χ3n) is 2.61. The minimum absolute atomic E-state index is 0.181. The maximum atomic E-state index is 8.73. The Hall–Kier alpha value is -1.99. The molecule has 98 valence electrons. The second-order valence-corrected chi connectivity index (χ2v) is 4.96. The lowest BCUT2D eigenvalue weighted by molar-refractivity contribution is 0.292. The first kappa shape index (κ1) is 12.1. The number of imidazole rings is 1. The van der Waals surface area contributed by atoms with Crippen LogP contribution in [0.4, 0.5) is 5.13 Å². The van der Waals surface area contributed by atoms with Crippen LogP contribution in [0.5, 0.6) is 0 Å². The van der Waals surface area contributed by atoms with Gasteiger partial charge in [0.05, 0.1) is 11.9 Å². The third kappa shape index (κ3) is 2.56. The summed E-state index contributed by atoms with van der Waals surface area (Å²) in [7, 11) is 0. The predicted octanol–water partition coefficient (Wildman–Crippen LogP) is 1.65. The highest BCUT2D eigenvalue weighted by Crippen LogP contribution is 2.23. The number of anilines is 1. The van der Waals surface area contributed by atoms with Crippen LogP contribution in [0.2, 0.25) is 0 Å². The molecule has 0 saturated heterocycles. The topological polar surface area (TPSA) is 75.3 Å². The fraction of sp³-hybridized carbons (Fsp3) is 0.250. The number of rotatable bonds is 5. The molecule has 0 radical (unpaired) electrons. The van der Waals surface area contributed by atoms with E-state index in [-0.39, 0.29) is 6.61 Å². The largest absolute Gasteiger partial charge is 0.396 e. The minimum Gasteiger partial charge on any atom is -0.396 e. The minimum atomic E-state index is 0.181. The Balaban J connectivity index is 1.82. The summed E-state index contributed by atoms with van der Waals surface area (Å²) in [5.74, 6) is 0. The molecule has 0 atom stereocenters. The molecule has 7 heteroatoms. The third-order valence-corrected chi connectivity index (χ3v) is 3.49. The summed E-state index contributed by atoms with van der Waals surface area (Å²) in [6, 6.07) is 3.86. The zero-order chi connectivity index (χ0) is 13.1. The number of hydrogen-bond acceptors (Lipinski definition) is 6. The molecule has 0 spiro atoms. The van der Waals surface area contributed by atoms with Crippen molar-refractivity contribution in [2.24, 2.45) is 0 Å². The van der Waals surface area contributed by atoms with E-state index in [0.717, 1.165) is 21.3 Å². The van der Waals surface area contributed by atoms with E-state index in [1.165, 1.54) is 11.3 Å². The number of hydrogen-bond donors (Lipinski definition) is 2. The highest BCUT2D eigenvalue weighted by Gasteiger charge is 2.09. The van der Waals surface area contributed by atoms with Gasteiger partial charge in [-0.25, -0.2) is 9.50 Å². The van der Waals surface area contributed by atoms with Crippen LogP contribution in [0.15, 0.2) is 30.7 Å². The number of pyridine rings is 1. The first-order valence-corrected chi connectivity index (χ1v) is 6.80. The van der Waals surface area contributed by atoms with Crippen molar-refractivity contribution in [2.45, 2.75) is 6.42 Å². The SMILES string of the molecule is OCCCNc1nn2cc(-c3cccnc3)nc2s1. The van der Waals surface area contributed by atoms with E-state index < -0.39 is 0 Å². The van der Waals surface area contributed by atoms with E-state index in [2.05, 4.69) is 20.4 Å². The summed E-state index contributed by atoms with van der Waals surface area (Å²) in [5.41, 5.74) is 1.85. The van der Waals surface area contributed by atoms with Gasteiger partial charge in [0.2, 0.25) is 10.1 Å². The maximum absolute atomic E-state index is 8.73. The molecule has 0 saturated carbocycles. The Morgan fingerprint density at radius 1 is 1.42 bits per heavy atom. The van der Waals surface area contributed by atoms with Crippen molar-refractivity contribution in [3.05, 3.63) is 30.7 Å². The Morgan fingerprint density at radius 3 is 3.11 bits per heavy atom. The van der Waals surface area contributed by atoms with Gasteiger partial charge in [-0.15, -0.1) is 5.10 Å². The van der Waals surface area contributed by atoms with Gasteiger partial charge < -0.3 is 10.4 Å². The van der Waals surface area contributed by atoms with Crippen LogP contribution in [0.3, 0.4) is 0 Å². The number of aliphatic hydroxyl groups is 1. The smallest absolute Gasteiger partial charge is 0.214 e. The fourth-order valence-electron chi connectivity index (χ4n) is 1.70. The van der Waals surface area contributed by atoms with Gasteiger partial charge in [-0.1, -0.05) is 11.3 Å². The second-order valence-electron chi connectivity index (χ2n) is 4.01. The van der Waals surface area contributed by atoms with E-state index in [9.17, 15) is 0 Å². The van der Waals surface area contributed by atoms with Crippen molar-refractivity contribution in [1.82, 2.24) is 19.6 Å². The van der Waals surface area contributed by atoms with E-state index >= 15 is 0 Å². The molecule has 3 aromatic rings. The van der Waals surface area contributed by atoms with Gasteiger partial charge in [-0.2, -0.15) is 0 Å². The average Bonchev–Trinajstić information content (AvgIpc) is 2.98. The summed E-state index contributed by atoms with van der Waals surface area (Å²) in [6.45, 7) is 0.892. The van der Waals surface area contributed by atoms with Gasteiger partial charge in [0, 0.05) is 31.1 Å². The Labute approximate surface area is 113 Å². The first-order valence-electron chi connectivity index (χ1n) is 5.98. The summed E-state index contributed by atoms with van der Waals surface area (Å²) in [4.78, 5) is 9.44. The molecule has 3 heterocycles. The maximum Gasteiger partial charge on any atom is 0.214 e. The second kappa shape index (κ2) is 5.33.